The summed E-state index contributed by atoms with van der Waals surface area (Å²) in [4.78, 5) is 31.1. The molecule has 0 radical (unpaired) electrons. The Hall–Kier alpha value is -3.13. The van der Waals surface area contributed by atoms with Crippen LogP contribution in [0.4, 0.5) is 0 Å². The van der Waals surface area contributed by atoms with Crippen LogP contribution >= 0.6 is 11.8 Å². The number of aromatic nitrogens is 2. The molecule has 2 aromatic carbocycles. The van der Waals surface area contributed by atoms with Crippen molar-refractivity contribution in [3.05, 3.63) is 59.7 Å². The highest BCUT2D eigenvalue weighted by molar-refractivity contribution is 7.99. The molecule has 7 nitrogen and oxygen atoms in total. The van der Waals surface area contributed by atoms with Crippen LogP contribution < -0.4 is 5.43 Å². The van der Waals surface area contributed by atoms with E-state index in [0.717, 1.165) is 11.0 Å². The number of methoxy groups -OCH3 is 1. The molecule has 0 fully saturated rings. The highest BCUT2D eigenvalue weighted by Gasteiger charge is 2.09. The Morgan fingerprint density at radius 2 is 2.00 bits per heavy atom. The smallest absolute Gasteiger partial charge is 0.338 e. The molecule has 8 heteroatoms. The van der Waals surface area contributed by atoms with E-state index in [2.05, 4.69) is 20.5 Å². The van der Waals surface area contributed by atoms with Crippen LogP contribution in [-0.4, -0.2) is 40.9 Å². The number of hydrazone groups is 1. The second-order valence-electron chi connectivity index (χ2n) is 5.22. The number of rotatable bonds is 6. The number of amides is 1. The topological polar surface area (TPSA) is 96.4 Å². The molecule has 0 bridgehead atoms. The van der Waals surface area contributed by atoms with E-state index in [1.54, 1.807) is 24.3 Å². The first-order valence-corrected chi connectivity index (χ1v) is 8.72. The Labute approximate surface area is 153 Å². The minimum Gasteiger partial charge on any atom is -0.465 e. The van der Waals surface area contributed by atoms with Gasteiger partial charge in [0.25, 0.3) is 5.91 Å². The largest absolute Gasteiger partial charge is 0.465 e. The van der Waals surface area contributed by atoms with E-state index in [0.29, 0.717) is 16.3 Å². The zero-order valence-electron chi connectivity index (χ0n) is 13.9. The lowest BCUT2D eigenvalue weighted by Gasteiger charge is -2.03. The van der Waals surface area contributed by atoms with Crippen LogP contribution in [0.1, 0.15) is 15.9 Å². The lowest BCUT2D eigenvalue weighted by molar-refractivity contribution is -0.118. The lowest BCUT2D eigenvalue weighted by Crippen LogP contribution is -2.20. The minimum atomic E-state index is -0.459. The summed E-state index contributed by atoms with van der Waals surface area (Å²) in [5.41, 5.74) is 5.15. The molecule has 0 atom stereocenters. The SMILES string of the molecule is COC(=O)c1ccccc1/C=N/NC(=O)CSc1nc2ccccc2[nH]1. The summed E-state index contributed by atoms with van der Waals surface area (Å²) in [6, 6.07) is 14.5. The van der Waals surface area contributed by atoms with Gasteiger partial charge in [0.1, 0.15) is 0 Å². The molecule has 0 saturated carbocycles. The number of fused-ring (bicyclic) bond motifs is 1. The van der Waals surface area contributed by atoms with Gasteiger partial charge in [0.05, 0.1) is 35.7 Å². The Morgan fingerprint density at radius 3 is 2.81 bits per heavy atom. The highest BCUT2D eigenvalue weighted by atomic mass is 32.2. The van der Waals surface area contributed by atoms with Gasteiger partial charge in [0.2, 0.25) is 0 Å². The van der Waals surface area contributed by atoms with E-state index >= 15 is 0 Å². The van der Waals surface area contributed by atoms with Gasteiger partial charge in [-0.05, 0) is 18.2 Å². The third kappa shape index (κ3) is 4.28. The van der Waals surface area contributed by atoms with Crippen LogP contribution in [0.5, 0.6) is 0 Å². The molecule has 3 rings (SSSR count). The van der Waals surface area contributed by atoms with E-state index in [1.807, 2.05) is 24.3 Å². The number of nitrogens with one attached hydrogen (secondary N) is 2. The third-order valence-electron chi connectivity index (χ3n) is 3.47. The van der Waals surface area contributed by atoms with Crippen LogP contribution in [0, 0.1) is 0 Å². The van der Waals surface area contributed by atoms with Crippen molar-refractivity contribution in [1.29, 1.82) is 0 Å². The normalized spacial score (nSPS) is 11.0. The van der Waals surface area contributed by atoms with E-state index in [9.17, 15) is 9.59 Å². The number of H-pyrrole nitrogens is 1. The summed E-state index contributed by atoms with van der Waals surface area (Å²) >= 11 is 1.29. The number of nitrogens with zero attached hydrogens (tertiary/aromatic N) is 2. The second kappa shape index (κ2) is 8.30. The van der Waals surface area contributed by atoms with Gasteiger partial charge < -0.3 is 9.72 Å². The van der Waals surface area contributed by atoms with Gasteiger partial charge in [-0.25, -0.2) is 15.2 Å². The molecule has 132 valence electrons. The number of carbonyl (C=O) groups excluding carboxylic acids is 2. The molecule has 0 unspecified atom stereocenters. The van der Waals surface area contributed by atoms with Crippen molar-refractivity contribution in [2.45, 2.75) is 5.16 Å². The van der Waals surface area contributed by atoms with Gasteiger partial charge in [-0.15, -0.1) is 0 Å². The molecule has 26 heavy (non-hydrogen) atoms. The summed E-state index contributed by atoms with van der Waals surface area (Å²) in [5, 5.41) is 4.57. The maximum Gasteiger partial charge on any atom is 0.338 e. The quantitative estimate of drug-likeness (QED) is 0.302. The van der Waals surface area contributed by atoms with Crippen molar-refractivity contribution >= 4 is 40.9 Å². The van der Waals surface area contributed by atoms with E-state index < -0.39 is 5.97 Å². The van der Waals surface area contributed by atoms with E-state index in [-0.39, 0.29) is 11.7 Å². The number of aromatic amines is 1. The number of para-hydroxylation sites is 2. The fourth-order valence-corrected chi connectivity index (χ4v) is 2.92. The third-order valence-corrected chi connectivity index (χ3v) is 4.34. The molecule has 3 aromatic rings. The van der Waals surface area contributed by atoms with Crippen LogP contribution in [0.15, 0.2) is 58.8 Å². The molecule has 0 aliphatic carbocycles. The van der Waals surface area contributed by atoms with Gasteiger partial charge in [0, 0.05) is 5.56 Å². The average Bonchev–Trinajstić information content (AvgIpc) is 3.09. The zero-order chi connectivity index (χ0) is 18.4. The fraction of sp³-hybridized carbons (Fsp3) is 0.111. The molecular weight excluding hydrogens is 352 g/mol. The average molecular weight is 368 g/mol. The van der Waals surface area contributed by atoms with Gasteiger partial charge in [-0.3, -0.25) is 4.79 Å². The Bertz CT molecular complexity index is 935. The maximum absolute atomic E-state index is 11.9. The van der Waals surface area contributed by atoms with Crippen LogP contribution in [0.3, 0.4) is 0 Å². The van der Waals surface area contributed by atoms with Crippen LogP contribution in [-0.2, 0) is 9.53 Å². The van der Waals surface area contributed by atoms with Crippen LogP contribution in [0.25, 0.3) is 11.0 Å². The van der Waals surface area contributed by atoms with Crippen molar-refractivity contribution in [2.24, 2.45) is 5.10 Å². The molecular formula is C18H16N4O3S. The van der Waals surface area contributed by atoms with E-state index in [4.69, 9.17) is 4.74 Å². The molecule has 2 N–H and O–H groups in total. The number of imidazole rings is 1. The number of carbonyl (C=O) groups is 2. The van der Waals surface area contributed by atoms with Gasteiger partial charge in [-0.1, -0.05) is 42.1 Å². The summed E-state index contributed by atoms with van der Waals surface area (Å²) in [5.74, 6) is -0.573. The van der Waals surface area contributed by atoms with Gasteiger partial charge in [-0.2, -0.15) is 5.10 Å². The summed E-state index contributed by atoms with van der Waals surface area (Å²) in [7, 11) is 1.31. The molecule has 1 amide bonds. The maximum atomic E-state index is 11.9. The summed E-state index contributed by atoms with van der Waals surface area (Å²) in [6.07, 6.45) is 1.41. The highest BCUT2D eigenvalue weighted by Crippen LogP contribution is 2.18. The van der Waals surface area contributed by atoms with Crippen molar-refractivity contribution in [3.8, 4) is 0 Å². The predicted molar refractivity (Wildman–Crippen MR) is 100 cm³/mol. The number of esters is 1. The van der Waals surface area contributed by atoms with Crippen LogP contribution in [0.2, 0.25) is 0 Å². The number of benzene rings is 2. The number of hydrogen-bond acceptors (Lipinski definition) is 6. The Kier molecular flexibility index (Phi) is 5.65. The van der Waals surface area contributed by atoms with E-state index in [1.165, 1.54) is 25.1 Å². The predicted octanol–water partition coefficient (Wildman–Crippen LogP) is 2.59. The first-order chi connectivity index (χ1) is 12.7. The number of thioether (sulfide) groups is 1. The fourth-order valence-electron chi connectivity index (χ4n) is 2.24. The molecule has 1 aromatic heterocycles. The molecule has 0 aliphatic rings. The Balaban J connectivity index is 1.56. The lowest BCUT2D eigenvalue weighted by atomic mass is 10.1. The summed E-state index contributed by atoms with van der Waals surface area (Å²) in [6.45, 7) is 0. The Morgan fingerprint density at radius 1 is 1.23 bits per heavy atom. The van der Waals surface area contributed by atoms with Crippen molar-refractivity contribution in [2.75, 3.05) is 12.9 Å². The molecule has 1 heterocycles. The molecule has 0 aliphatic heterocycles. The second-order valence-corrected chi connectivity index (χ2v) is 6.18. The molecule has 0 spiro atoms. The number of hydrogen-bond donors (Lipinski definition) is 2. The minimum absolute atomic E-state index is 0.163. The van der Waals surface area contributed by atoms with Crippen molar-refractivity contribution in [3.63, 3.8) is 0 Å². The van der Waals surface area contributed by atoms with Crippen molar-refractivity contribution in [1.82, 2.24) is 15.4 Å². The monoisotopic (exact) mass is 368 g/mol. The first-order valence-electron chi connectivity index (χ1n) is 7.74. The van der Waals surface area contributed by atoms with Gasteiger partial charge in [0.15, 0.2) is 5.16 Å². The summed E-state index contributed by atoms with van der Waals surface area (Å²) < 4.78 is 4.72. The number of ether oxygens (including phenoxy) is 1. The zero-order valence-corrected chi connectivity index (χ0v) is 14.7. The molecule has 0 saturated heterocycles. The van der Waals surface area contributed by atoms with Gasteiger partial charge >= 0.3 is 5.97 Å². The van der Waals surface area contributed by atoms with Crippen molar-refractivity contribution < 1.29 is 14.3 Å². The first kappa shape index (κ1) is 17.7. The standard InChI is InChI=1S/C18H16N4O3S/c1-25-17(24)13-7-3-2-6-12(13)10-19-22-16(23)11-26-18-20-14-8-4-5-9-15(14)21-18/h2-10H,11H2,1H3,(H,20,21)(H,22,23)/b19-10+.